The Morgan fingerprint density at radius 1 is 0.768 bits per heavy atom. The number of allylic oxidation sites excluding steroid dienone is 6. The molecule has 7 N–H and O–H groups in total. The van der Waals surface area contributed by atoms with Crippen LogP contribution in [-0.4, -0.2) is 133 Å². The molecule has 0 radical (unpaired) electrons. The van der Waals surface area contributed by atoms with Crippen LogP contribution in [0.15, 0.2) is 94.4 Å². The van der Waals surface area contributed by atoms with Crippen molar-refractivity contribution >= 4 is 84.8 Å². The number of nitrogens with one attached hydrogen (secondary N) is 4. The van der Waals surface area contributed by atoms with Crippen molar-refractivity contribution in [2.45, 2.75) is 157 Å². The van der Waals surface area contributed by atoms with E-state index in [9.17, 15) is 54.7 Å². The highest BCUT2D eigenvalue weighted by molar-refractivity contribution is 7.94. The lowest BCUT2D eigenvalue weighted by Crippen LogP contribution is -2.47. The number of amides is 6. The summed E-state index contributed by atoms with van der Waals surface area (Å²) >= 11 is 0.858. The topological polar surface area (TPSA) is 307 Å². The average Bonchev–Trinajstić information content (AvgIpc) is 2.20. The van der Waals surface area contributed by atoms with Crippen molar-refractivity contribution in [3.63, 3.8) is 0 Å². The van der Waals surface area contributed by atoms with Gasteiger partial charge in [0.25, 0.3) is 32.1 Å². The summed E-state index contributed by atoms with van der Waals surface area (Å²) in [7, 11) is -8.90. The quantitative estimate of drug-likeness (QED) is 0.0153. The second kappa shape index (κ2) is 30.5. The molecule has 6 rings (SSSR count). The summed E-state index contributed by atoms with van der Waals surface area (Å²) in [5, 5.41) is 24.3. The molecule has 0 spiro atoms. The summed E-state index contributed by atoms with van der Waals surface area (Å²) in [6, 6.07) is 9.35. The van der Waals surface area contributed by atoms with E-state index in [4.69, 9.17) is 9.59 Å². The molecule has 0 saturated carbocycles. The van der Waals surface area contributed by atoms with Gasteiger partial charge in [0.1, 0.15) is 12.6 Å². The second-order valence-electron chi connectivity index (χ2n) is 21.6. The number of carbonyl (C=O) groups excluding carboxylic acids is 6. The molecule has 2 atom stereocenters. The van der Waals surface area contributed by atoms with E-state index in [1.54, 1.807) is 6.07 Å². The first-order chi connectivity index (χ1) is 39.0. The highest BCUT2D eigenvalue weighted by Crippen LogP contribution is 2.51. The Kier molecular flexibility index (Phi) is 24.2. The van der Waals surface area contributed by atoms with Gasteiger partial charge in [0.15, 0.2) is 5.71 Å². The number of rotatable bonds is 18. The van der Waals surface area contributed by atoms with Crippen molar-refractivity contribution < 1.29 is 73.9 Å². The Balaban J connectivity index is 1.17. The Morgan fingerprint density at radius 3 is 2.24 bits per heavy atom. The zero-order chi connectivity index (χ0) is 59.5. The Bertz CT molecular complexity index is 3030. The van der Waals surface area contributed by atoms with Crippen LogP contribution < -0.4 is 26.2 Å². The number of hydrogen-bond acceptors (Lipinski definition) is 15. The number of unbranched alkanes of at least 4 members (excludes halogenated alkanes) is 2. The van der Waals surface area contributed by atoms with Crippen LogP contribution in [0.3, 0.4) is 0 Å². The number of carbonyl (C=O) groups is 6. The van der Waals surface area contributed by atoms with Gasteiger partial charge in [-0.3, -0.25) is 42.8 Å². The summed E-state index contributed by atoms with van der Waals surface area (Å²) in [6.07, 6.45) is 20.2. The number of anilines is 1. The Hall–Kier alpha value is -6.06. The fourth-order valence-electron chi connectivity index (χ4n) is 10.9. The molecule has 6 amide bonds. The van der Waals surface area contributed by atoms with E-state index in [0.717, 1.165) is 39.6 Å². The predicted molar refractivity (Wildman–Crippen MR) is 309 cm³/mol. The normalized spacial score (nSPS) is 21.7. The average molecular weight is 1200 g/mol. The van der Waals surface area contributed by atoms with Crippen molar-refractivity contribution in [3.8, 4) is 0 Å². The van der Waals surface area contributed by atoms with E-state index in [-0.39, 0.29) is 73.8 Å². The van der Waals surface area contributed by atoms with Crippen molar-refractivity contribution in [3.05, 3.63) is 95.8 Å². The van der Waals surface area contributed by atoms with E-state index < -0.39 is 54.7 Å². The molecule has 448 valence electrons. The molecule has 0 saturated heterocycles. The van der Waals surface area contributed by atoms with E-state index in [2.05, 4.69) is 44.7 Å². The third-order valence-electron chi connectivity index (χ3n) is 15.2. The minimum absolute atomic E-state index is 0.0568. The van der Waals surface area contributed by atoms with Crippen LogP contribution in [0, 0.1) is 0 Å². The minimum Gasteiger partial charge on any atom is -0.356 e. The Morgan fingerprint density at radius 2 is 1.51 bits per heavy atom. The molecule has 4 heterocycles. The molecule has 4 aliphatic heterocycles. The zero-order valence-corrected chi connectivity index (χ0v) is 49.3. The lowest BCUT2D eigenvalue weighted by molar-refractivity contribution is -0.438. The molecule has 2 aromatic carbocycles. The van der Waals surface area contributed by atoms with Crippen LogP contribution in [0.5, 0.6) is 0 Å². The highest BCUT2D eigenvalue weighted by atomic mass is 32.2. The Labute approximate surface area is 484 Å². The van der Waals surface area contributed by atoms with E-state index in [1.165, 1.54) is 24.3 Å². The van der Waals surface area contributed by atoms with Gasteiger partial charge in [-0.05, 0) is 127 Å². The highest BCUT2D eigenvalue weighted by Gasteiger charge is 2.45. The van der Waals surface area contributed by atoms with Crippen molar-refractivity contribution in [2.24, 2.45) is 0 Å². The summed E-state index contributed by atoms with van der Waals surface area (Å²) in [5.41, 5.74) is 3.56. The van der Waals surface area contributed by atoms with Gasteiger partial charge < -0.3 is 26.2 Å². The van der Waals surface area contributed by atoms with Crippen LogP contribution >= 0.6 is 12.0 Å². The van der Waals surface area contributed by atoms with Crippen molar-refractivity contribution in [2.75, 3.05) is 49.9 Å². The molecule has 82 heavy (non-hydrogen) atoms. The van der Waals surface area contributed by atoms with Gasteiger partial charge in [0, 0.05) is 110 Å². The third-order valence-corrected chi connectivity index (χ3v) is 17.5. The van der Waals surface area contributed by atoms with E-state index in [0.29, 0.717) is 119 Å². The molecular formula is C57H78N7O15S3+. The summed E-state index contributed by atoms with van der Waals surface area (Å²) in [6.45, 7) is 7.87. The van der Waals surface area contributed by atoms with Gasteiger partial charge in [0.05, 0.1) is 28.1 Å². The number of fused-ring (bicyclic) bond motifs is 5. The maximum absolute atomic E-state index is 13.6. The van der Waals surface area contributed by atoms with Crippen LogP contribution in [0.25, 0.3) is 0 Å². The lowest BCUT2D eigenvalue weighted by atomic mass is 9.77. The molecule has 2 aromatic rings. The second-order valence-corrected chi connectivity index (χ2v) is 25.4. The van der Waals surface area contributed by atoms with Gasteiger partial charge in [0.2, 0.25) is 29.3 Å². The van der Waals surface area contributed by atoms with Gasteiger partial charge in [-0.15, -0.1) is 4.33 Å². The predicted octanol–water partition coefficient (Wildman–Crippen LogP) is 6.80. The van der Waals surface area contributed by atoms with Gasteiger partial charge in [-0.25, -0.2) is 5.26 Å². The first-order valence-electron chi connectivity index (χ1n) is 28.0. The number of imide groups is 1. The molecule has 0 aromatic heterocycles. The van der Waals surface area contributed by atoms with Gasteiger partial charge >= 0.3 is 0 Å². The van der Waals surface area contributed by atoms with E-state index in [1.807, 2.05) is 60.4 Å². The van der Waals surface area contributed by atoms with Crippen LogP contribution in [0.1, 0.15) is 141 Å². The van der Waals surface area contributed by atoms with Gasteiger partial charge in [-0.1, -0.05) is 42.5 Å². The zero-order valence-electron chi connectivity index (χ0n) is 46.9. The third kappa shape index (κ3) is 18.5. The maximum atomic E-state index is 13.6. The van der Waals surface area contributed by atoms with Crippen LogP contribution in [-0.2, 0) is 69.2 Å². The van der Waals surface area contributed by atoms with Crippen LogP contribution in [0.2, 0.25) is 0 Å². The van der Waals surface area contributed by atoms with Crippen molar-refractivity contribution in [1.29, 1.82) is 0 Å². The molecule has 4 aliphatic rings. The van der Waals surface area contributed by atoms with Crippen LogP contribution in [0.4, 0.5) is 11.4 Å². The number of benzene rings is 2. The smallest absolute Gasteiger partial charge is 0.294 e. The molecule has 25 heteroatoms. The largest absolute Gasteiger partial charge is 0.356 e. The first kappa shape index (κ1) is 65.1. The molecule has 2 unspecified atom stereocenters. The maximum Gasteiger partial charge on any atom is 0.294 e. The molecule has 0 fully saturated rings. The summed E-state index contributed by atoms with van der Waals surface area (Å²) in [5.74, 6) is -2.25. The fraction of sp³-hybridized carbons (Fsp3) is 0.526. The first-order valence-corrected chi connectivity index (χ1v) is 31.8. The monoisotopic (exact) mass is 1200 g/mol. The standard InChI is InChI=1S/C57H77N7O15S3/c1-56(2)43-39-41(80-79-78-71)25-27-46(43)62-35-17-7-12-24-52(67)61-45(55(70)60-33-15-6-11-23-51(66)59-34-37-64-53(68)29-30-54(64)69)19-13-16-32-58-50(65)22-10-5-14-31-57(3)44-40-42(82(75,76)77)26-28-47(44)63(36-18-38-81(72,73)74)49(57)21-9-4-8-20-48(56)62/h4,8-9,20-21,25-30,39-40,45H,5-7,10-19,22-24,31-38H2,1-3H3,(H6-,58,59,60,61,65,66,67,70,71,72,73,74,75,76,77)/p+1. The number of nitrogens with zero attached hydrogens (tertiary/aromatic N) is 3. The number of hydrogen-bond donors (Lipinski definition) is 7. The lowest BCUT2D eigenvalue weighted by Gasteiger charge is -2.30. The van der Waals surface area contributed by atoms with E-state index >= 15 is 0 Å². The molecular weight excluding hydrogens is 1120 g/mol. The molecule has 0 aliphatic carbocycles. The summed E-state index contributed by atoms with van der Waals surface area (Å²) < 4.78 is 75.5. The summed E-state index contributed by atoms with van der Waals surface area (Å²) in [4.78, 5) is 79.3. The molecule has 22 nitrogen and oxygen atoms in total. The van der Waals surface area contributed by atoms with Gasteiger partial charge in [-0.2, -0.15) is 21.4 Å². The fourth-order valence-corrected chi connectivity index (χ4v) is 12.3. The SMILES string of the molecule is CC1(C)C2=[N+](CCCCCC(=O)NC(C(=O)NCCCCCC(=O)NCCN3C(=O)C=CC3=O)CCCCNC(=O)CCCCCC3(C)/C(=C/C=C/C=C2)N(CCCS(=O)(=O)O)c2ccc(S(=O)(=O)O)cc23)c2ccc(SOOO)cc21. The van der Waals surface area contributed by atoms with Crippen molar-refractivity contribution in [1.82, 2.24) is 26.2 Å². The molecule has 0 bridgehead atoms. The minimum atomic E-state index is -4.60.